The van der Waals surface area contributed by atoms with E-state index in [1.165, 1.54) is 23.1 Å². The average Bonchev–Trinajstić information content (AvgIpc) is 2.74. The summed E-state index contributed by atoms with van der Waals surface area (Å²) in [5.41, 5.74) is 3.99. The SMILES string of the molecule is COc1cccc([C@@]23CCC[C@@H](/C2=C\C#N)N(CCc2ccccc2)CC3)c1. The summed E-state index contributed by atoms with van der Waals surface area (Å²) < 4.78 is 5.49. The van der Waals surface area contributed by atoms with Gasteiger partial charge in [0.2, 0.25) is 0 Å². The van der Waals surface area contributed by atoms with Gasteiger partial charge in [-0.05, 0) is 61.1 Å². The molecule has 2 atom stereocenters. The van der Waals surface area contributed by atoms with Crippen molar-refractivity contribution >= 4 is 0 Å². The second-order valence-electron chi connectivity index (χ2n) is 7.97. The van der Waals surface area contributed by atoms with Gasteiger partial charge in [0.15, 0.2) is 0 Å². The van der Waals surface area contributed by atoms with Gasteiger partial charge in [0, 0.05) is 24.1 Å². The van der Waals surface area contributed by atoms with Gasteiger partial charge >= 0.3 is 0 Å². The Balaban J connectivity index is 1.62. The van der Waals surface area contributed by atoms with Crippen LogP contribution in [0.3, 0.4) is 0 Å². The van der Waals surface area contributed by atoms with Crippen LogP contribution in [0.15, 0.2) is 66.2 Å². The fourth-order valence-electron chi connectivity index (χ4n) is 5.22. The number of hydrogen-bond acceptors (Lipinski definition) is 3. The molecule has 4 rings (SSSR count). The first-order valence-electron chi connectivity index (χ1n) is 10.3. The van der Waals surface area contributed by atoms with Gasteiger partial charge in [-0.15, -0.1) is 0 Å². The topological polar surface area (TPSA) is 36.3 Å². The first-order valence-corrected chi connectivity index (χ1v) is 10.3. The van der Waals surface area contributed by atoms with Crippen molar-refractivity contribution in [1.82, 2.24) is 4.90 Å². The molecular weight excluding hydrogens is 344 g/mol. The third-order valence-electron chi connectivity index (χ3n) is 6.63. The summed E-state index contributed by atoms with van der Waals surface area (Å²) in [7, 11) is 1.72. The van der Waals surface area contributed by atoms with E-state index in [1.807, 2.05) is 12.1 Å². The highest BCUT2D eigenvalue weighted by molar-refractivity contribution is 5.46. The monoisotopic (exact) mass is 372 g/mol. The average molecular weight is 373 g/mol. The maximum Gasteiger partial charge on any atom is 0.119 e. The van der Waals surface area contributed by atoms with E-state index in [9.17, 15) is 5.26 Å². The maximum atomic E-state index is 9.56. The number of fused-ring (bicyclic) bond motifs is 2. The molecule has 3 heteroatoms. The third-order valence-corrected chi connectivity index (χ3v) is 6.63. The van der Waals surface area contributed by atoms with Crippen molar-refractivity contribution in [3.05, 3.63) is 77.4 Å². The zero-order valence-corrected chi connectivity index (χ0v) is 16.6. The van der Waals surface area contributed by atoms with Crippen molar-refractivity contribution in [2.75, 3.05) is 20.2 Å². The van der Waals surface area contributed by atoms with Crippen molar-refractivity contribution in [2.24, 2.45) is 0 Å². The summed E-state index contributed by atoms with van der Waals surface area (Å²) in [5, 5.41) is 9.56. The summed E-state index contributed by atoms with van der Waals surface area (Å²) in [6.07, 6.45) is 7.44. The van der Waals surface area contributed by atoms with Crippen LogP contribution in [0.5, 0.6) is 5.75 Å². The van der Waals surface area contributed by atoms with E-state index in [1.54, 1.807) is 7.11 Å². The van der Waals surface area contributed by atoms with Gasteiger partial charge in [-0.3, -0.25) is 4.90 Å². The number of piperidine rings is 1. The summed E-state index contributed by atoms with van der Waals surface area (Å²) in [4.78, 5) is 2.60. The highest BCUT2D eigenvalue weighted by Crippen LogP contribution is 2.51. The van der Waals surface area contributed by atoms with Crippen molar-refractivity contribution in [3.63, 3.8) is 0 Å². The van der Waals surface area contributed by atoms with Crippen LogP contribution in [0, 0.1) is 11.3 Å². The lowest BCUT2D eigenvalue weighted by Crippen LogP contribution is -2.54. The van der Waals surface area contributed by atoms with Gasteiger partial charge in [-0.2, -0.15) is 5.26 Å². The fourth-order valence-corrected chi connectivity index (χ4v) is 5.22. The summed E-state index contributed by atoms with van der Waals surface area (Å²) in [6, 6.07) is 21.9. The Morgan fingerprint density at radius 1 is 1.18 bits per heavy atom. The van der Waals surface area contributed by atoms with Crippen LogP contribution >= 0.6 is 0 Å². The molecule has 1 aliphatic carbocycles. The Morgan fingerprint density at radius 3 is 2.82 bits per heavy atom. The molecule has 0 unspecified atom stereocenters. The molecule has 2 bridgehead atoms. The predicted molar refractivity (Wildman–Crippen MR) is 112 cm³/mol. The Hall–Kier alpha value is -2.57. The van der Waals surface area contributed by atoms with Gasteiger partial charge in [-0.1, -0.05) is 48.9 Å². The van der Waals surface area contributed by atoms with Gasteiger partial charge in [0.1, 0.15) is 5.75 Å². The molecule has 1 saturated carbocycles. The minimum atomic E-state index is -0.0174. The highest BCUT2D eigenvalue weighted by atomic mass is 16.5. The molecule has 0 aromatic heterocycles. The van der Waals surface area contributed by atoms with Crippen LogP contribution in [0.4, 0.5) is 0 Å². The third kappa shape index (κ3) is 3.45. The first kappa shape index (κ1) is 18.8. The number of benzene rings is 2. The first-order chi connectivity index (χ1) is 13.8. The van der Waals surface area contributed by atoms with Crippen molar-refractivity contribution in [3.8, 4) is 11.8 Å². The molecule has 2 aliphatic rings. The zero-order chi connectivity index (χ0) is 19.4. The molecule has 1 heterocycles. The Kier molecular flexibility index (Phi) is 5.50. The molecule has 0 amide bonds. The second-order valence-corrected chi connectivity index (χ2v) is 7.97. The van der Waals surface area contributed by atoms with Crippen molar-refractivity contribution < 1.29 is 4.74 Å². The number of nitrogens with zero attached hydrogens (tertiary/aromatic N) is 2. The van der Waals surface area contributed by atoms with Gasteiger partial charge < -0.3 is 4.74 Å². The smallest absolute Gasteiger partial charge is 0.119 e. The Labute approximate surface area is 168 Å². The molecule has 1 saturated heterocycles. The number of likely N-dealkylation sites (tertiary alicyclic amines) is 1. The van der Waals surface area contributed by atoms with E-state index < -0.39 is 0 Å². The largest absolute Gasteiger partial charge is 0.497 e. The molecule has 144 valence electrons. The molecule has 0 N–H and O–H groups in total. The molecule has 2 fully saturated rings. The number of ether oxygens (including phenoxy) is 1. The number of nitriles is 1. The quantitative estimate of drug-likeness (QED) is 0.702. The van der Waals surface area contributed by atoms with E-state index in [2.05, 4.69) is 59.5 Å². The number of allylic oxidation sites excluding steroid dienone is 1. The van der Waals surface area contributed by atoms with E-state index >= 15 is 0 Å². The number of methoxy groups -OCH3 is 1. The lowest BCUT2D eigenvalue weighted by Gasteiger charge is -2.53. The minimum Gasteiger partial charge on any atom is -0.497 e. The van der Waals surface area contributed by atoms with E-state index in [4.69, 9.17) is 4.74 Å². The fraction of sp³-hybridized carbons (Fsp3) is 0.400. The number of hydrogen-bond donors (Lipinski definition) is 0. The van der Waals surface area contributed by atoms with Crippen LogP contribution in [-0.2, 0) is 11.8 Å². The molecule has 1 aliphatic heterocycles. The van der Waals surface area contributed by atoms with Gasteiger partial charge in [0.05, 0.1) is 13.2 Å². The lowest BCUT2D eigenvalue weighted by molar-refractivity contribution is 0.110. The molecule has 2 aromatic carbocycles. The van der Waals surface area contributed by atoms with E-state index in [-0.39, 0.29) is 5.41 Å². The Morgan fingerprint density at radius 2 is 2.04 bits per heavy atom. The van der Waals surface area contributed by atoms with Gasteiger partial charge in [0.25, 0.3) is 0 Å². The Bertz CT molecular complexity index is 883. The van der Waals surface area contributed by atoms with Crippen molar-refractivity contribution in [2.45, 2.75) is 43.6 Å². The summed E-state index contributed by atoms with van der Waals surface area (Å²) in [5.74, 6) is 0.900. The molecule has 28 heavy (non-hydrogen) atoms. The predicted octanol–water partition coefficient (Wildman–Crippen LogP) is 4.88. The molecule has 0 radical (unpaired) electrons. The summed E-state index contributed by atoms with van der Waals surface area (Å²) >= 11 is 0. The molecular formula is C25H28N2O. The van der Waals surface area contributed by atoms with Crippen LogP contribution in [0.25, 0.3) is 0 Å². The molecule has 0 spiro atoms. The number of rotatable bonds is 5. The van der Waals surface area contributed by atoms with E-state index in [0.29, 0.717) is 6.04 Å². The van der Waals surface area contributed by atoms with Crippen LogP contribution in [0.1, 0.15) is 36.8 Å². The zero-order valence-electron chi connectivity index (χ0n) is 16.6. The highest BCUT2D eigenvalue weighted by Gasteiger charge is 2.47. The van der Waals surface area contributed by atoms with Crippen LogP contribution in [-0.4, -0.2) is 31.1 Å². The summed E-state index contributed by atoms with van der Waals surface area (Å²) in [6.45, 7) is 2.13. The molecule has 3 nitrogen and oxygen atoms in total. The van der Waals surface area contributed by atoms with Crippen molar-refractivity contribution in [1.29, 1.82) is 5.26 Å². The normalized spacial score (nSPS) is 26.0. The van der Waals surface area contributed by atoms with Crippen LogP contribution < -0.4 is 4.74 Å². The maximum absolute atomic E-state index is 9.56. The van der Waals surface area contributed by atoms with E-state index in [0.717, 1.165) is 44.5 Å². The van der Waals surface area contributed by atoms with Gasteiger partial charge in [-0.25, -0.2) is 0 Å². The second kappa shape index (κ2) is 8.20. The standard InChI is InChI=1S/C25H28N2O/c1-28-22-10-5-9-21(19-22)25-14-6-11-24(23(25)12-16-26)27(18-15-25)17-13-20-7-3-2-4-8-20/h2-5,7-10,12,19,24H,6,11,13-15,17-18H2,1H3/b23-12+/t24-,25-/m0/s1. The minimum absolute atomic E-state index is 0.0174. The van der Waals surface area contributed by atoms with Crippen LogP contribution in [0.2, 0.25) is 0 Å². The lowest BCUT2D eigenvalue weighted by atomic mass is 9.60. The molecule has 2 aromatic rings.